The Hall–Kier alpha value is -1.18. The summed E-state index contributed by atoms with van der Waals surface area (Å²) >= 11 is 0. The molecule has 2 aliphatic heterocycles. The Morgan fingerprint density at radius 2 is 2.50 bits per heavy atom. The molecule has 0 aromatic carbocycles. The van der Waals surface area contributed by atoms with E-state index in [1.54, 1.807) is 6.08 Å². The van der Waals surface area contributed by atoms with Crippen molar-refractivity contribution in [2.75, 3.05) is 0 Å². The molecule has 2 bridgehead atoms. The van der Waals surface area contributed by atoms with Gasteiger partial charge in [0.25, 0.3) is 0 Å². The lowest BCUT2D eigenvalue weighted by Crippen LogP contribution is -2.27. The van der Waals surface area contributed by atoms with Gasteiger partial charge < -0.3 is 0 Å². The average molecular weight is 133 g/mol. The summed E-state index contributed by atoms with van der Waals surface area (Å²) in [5.41, 5.74) is 1.11. The fourth-order valence-corrected chi connectivity index (χ4v) is 1.32. The minimum absolute atomic E-state index is 0.339. The minimum Gasteiger partial charge on any atom is -0.299 e. The molecule has 2 atom stereocenters. The Kier molecular flexibility index (Phi) is 1.07. The highest BCUT2D eigenvalue weighted by Crippen LogP contribution is 2.30. The van der Waals surface area contributed by atoms with Crippen LogP contribution in [-0.2, 0) is 4.79 Å². The van der Waals surface area contributed by atoms with E-state index in [4.69, 9.17) is 0 Å². The molecule has 3 rings (SSSR count). The van der Waals surface area contributed by atoms with Gasteiger partial charge in [-0.1, -0.05) is 12.2 Å². The van der Waals surface area contributed by atoms with E-state index < -0.39 is 0 Å². The number of carbonyl (C=O) groups is 1. The molecule has 2 unspecified atom stereocenters. The lowest BCUT2D eigenvalue weighted by Gasteiger charge is -2.21. The van der Waals surface area contributed by atoms with Gasteiger partial charge in [0, 0.05) is 11.6 Å². The molecule has 2 heteroatoms. The number of hydrogen-bond acceptors (Lipinski definition) is 2. The molecular weight excluding hydrogens is 126 g/mol. The monoisotopic (exact) mass is 133 g/mol. The summed E-state index contributed by atoms with van der Waals surface area (Å²) in [5.74, 6) is 0.408. The maximum atomic E-state index is 9.94. The quantitative estimate of drug-likeness (QED) is 0.403. The second kappa shape index (κ2) is 1.90. The van der Waals surface area contributed by atoms with Gasteiger partial charge >= 0.3 is 0 Å². The van der Waals surface area contributed by atoms with Crippen LogP contribution < -0.4 is 0 Å². The summed E-state index contributed by atoms with van der Waals surface area (Å²) in [6, 6.07) is 0.339. The van der Waals surface area contributed by atoms with Gasteiger partial charge in [-0.15, -0.1) is 0 Å². The van der Waals surface area contributed by atoms with Crippen LogP contribution >= 0.6 is 0 Å². The van der Waals surface area contributed by atoms with Crippen molar-refractivity contribution in [1.29, 1.82) is 0 Å². The summed E-state index contributed by atoms with van der Waals surface area (Å²) in [6.45, 7) is 0. The molecule has 0 saturated carbocycles. The number of aldehydes is 1. The maximum absolute atomic E-state index is 9.94. The third kappa shape index (κ3) is 0.588. The number of rotatable bonds is 2. The Balaban J connectivity index is 2.07. The number of hydrogen-bond donors (Lipinski definition) is 0. The topological polar surface area (TPSA) is 29.4 Å². The zero-order valence-corrected chi connectivity index (χ0v) is 5.40. The van der Waals surface area contributed by atoms with Gasteiger partial charge in [0.15, 0.2) is 0 Å². The normalized spacial score (nSPS) is 34.2. The third-order valence-electron chi connectivity index (χ3n) is 1.87. The highest BCUT2D eigenvalue weighted by molar-refractivity contribution is 6.06. The van der Waals surface area contributed by atoms with Crippen LogP contribution in [0.15, 0.2) is 29.3 Å². The van der Waals surface area contributed by atoms with Crippen molar-refractivity contribution in [2.45, 2.75) is 6.04 Å². The van der Waals surface area contributed by atoms with E-state index in [1.807, 2.05) is 12.2 Å². The van der Waals surface area contributed by atoms with Crippen LogP contribution in [0.4, 0.5) is 0 Å². The van der Waals surface area contributed by atoms with E-state index in [0.717, 1.165) is 12.0 Å². The fourth-order valence-electron chi connectivity index (χ4n) is 1.32. The first kappa shape index (κ1) is 5.59. The van der Waals surface area contributed by atoms with Gasteiger partial charge in [-0.3, -0.25) is 9.79 Å². The largest absolute Gasteiger partial charge is 0.299 e. The first-order chi connectivity index (χ1) is 4.92. The molecule has 0 aromatic heterocycles. The van der Waals surface area contributed by atoms with Crippen molar-refractivity contribution in [1.82, 2.24) is 0 Å². The summed E-state index contributed by atoms with van der Waals surface area (Å²) in [5, 5.41) is 0. The van der Waals surface area contributed by atoms with Crippen molar-refractivity contribution >= 4 is 12.0 Å². The van der Waals surface area contributed by atoms with Crippen LogP contribution in [-0.4, -0.2) is 18.0 Å². The molecule has 0 spiro atoms. The van der Waals surface area contributed by atoms with Crippen molar-refractivity contribution < 1.29 is 4.79 Å². The van der Waals surface area contributed by atoms with Crippen LogP contribution in [0.3, 0.4) is 0 Å². The van der Waals surface area contributed by atoms with Gasteiger partial charge in [-0.2, -0.15) is 0 Å². The Labute approximate surface area is 59.0 Å². The van der Waals surface area contributed by atoms with Crippen LogP contribution in [0.25, 0.3) is 0 Å². The molecule has 2 nitrogen and oxygen atoms in total. The third-order valence-corrected chi connectivity index (χ3v) is 1.87. The maximum Gasteiger partial charge on any atom is 0.142 e. The molecule has 1 aliphatic carbocycles. The van der Waals surface area contributed by atoms with Crippen LogP contribution in [0, 0.1) is 5.92 Å². The number of nitrogens with zero attached hydrogens (tertiary/aromatic N) is 1. The molecule has 10 heavy (non-hydrogen) atoms. The van der Waals surface area contributed by atoms with E-state index in [0.29, 0.717) is 12.0 Å². The van der Waals surface area contributed by atoms with Gasteiger partial charge in [-0.25, -0.2) is 0 Å². The molecule has 0 amide bonds. The van der Waals surface area contributed by atoms with E-state index in [1.165, 1.54) is 0 Å². The number of aliphatic imine (C=N–C) groups is 1. The van der Waals surface area contributed by atoms with E-state index in [9.17, 15) is 4.79 Å². The van der Waals surface area contributed by atoms with Crippen molar-refractivity contribution in [3.63, 3.8) is 0 Å². The SMILES string of the molecule is O=C/C=C\C1C2=NC1C=C2. The summed E-state index contributed by atoms with van der Waals surface area (Å²) in [6.07, 6.45) is 8.33. The molecular formula is C8H7NO. The number of carbonyl (C=O) groups excluding carboxylic acids is 1. The molecule has 0 N–H and O–H groups in total. The molecule has 0 saturated heterocycles. The number of allylic oxidation sites excluding steroid dienone is 2. The first-order valence-electron chi connectivity index (χ1n) is 3.29. The minimum atomic E-state index is 0.339. The van der Waals surface area contributed by atoms with Gasteiger partial charge in [-0.05, 0) is 12.2 Å². The predicted octanol–water partition coefficient (Wildman–Crippen LogP) is 0.751. The average Bonchev–Trinajstić information content (AvgIpc) is 2.46. The second-order valence-corrected chi connectivity index (χ2v) is 2.45. The molecule has 3 aliphatic rings. The van der Waals surface area contributed by atoms with Crippen molar-refractivity contribution in [2.24, 2.45) is 10.9 Å². The van der Waals surface area contributed by atoms with E-state index in [-0.39, 0.29) is 0 Å². The summed E-state index contributed by atoms with van der Waals surface area (Å²) < 4.78 is 0. The van der Waals surface area contributed by atoms with Gasteiger partial charge in [0.2, 0.25) is 0 Å². The van der Waals surface area contributed by atoms with E-state index >= 15 is 0 Å². The summed E-state index contributed by atoms with van der Waals surface area (Å²) in [4.78, 5) is 14.1. The molecule has 0 aromatic rings. The second-order valence-electron chi connectivity index (χ2n) is 2.45. The fraction of sp³-hybridized carbons (Fsp3) is 0.250. The molecule has 0 fully saturated rings. The first-order valence-corrected chi connectivity index (χ1v) is 3.29. The molecule has 2 heterocycles. The molecule has 50 valence electrons. The lowest BCUT2D eigenvalue weighted by molar-refractivity contribution is -0.104. The van der Waals surface area contributed by atoms with Crippen molar-refractivity contribution in [3.05, 3.63) is 24.3 Å². The standard InChI is InChI=1S/C8H7NO/c10-5-1-2-6-7-3-4-8(6)9-7/h1-7H/b2-1-. The Morgan fingerprint density at radius 3 is 3.00 bits per heavy atom. The van der Waals surface area contributed by atoms with E-state index in [2.05, 4.69) is 11.1 Å². The van der Waals surface area contributed by atoms with Gasteiger partial charge in [0.05, 0.1) is 6.04 Å². The van der Waals surface area contributed by atoms with Crippen molar-refractivity contribution in [3.8, 4) is 0 Å². The zero-order chi connectivity index (χ0) is 6.97. The van der Waals surface area contributed by atoms with Crippen LogP contribution in [0.2, 0.25) is 0 Å². The smallest absolute Gasteiger partial charge is 0.142 e. The highest BCUT2D eigenvalue weighted by atomic mass is 16.1. The Bertz CT molecular complexity index is 250. The van der Waals surface area contributed by atoms with Crippen LogP contribution in [0.1, 0.15) is 0 Å². The molecule has 0 radical (unpaired) electrons. The summed E-state index contributed by atoms with van der Waals surface area (Å²) in [7, 11) is 0. The highest BCUT2D eigenvalue weighted by Gasteiger charge is 2.33. The van der Waals surface area contributed by atoms with Gasteiger partial charge in [0.1, 0.15) is 6.29 Å². The Morgan fingerprint density at radius 1 is 1.60 bits per heavy atom. The lowest BCUT2D eigenvalue weighted by atomic mass is 9.95. The predicted molar refractivity (Wildman–Crippen MR) is 39.1 cm³/mol. The zero-order valence-electron chi connectivity index (χ0n) is 5.40. The van der Waals surface area contributed by atoms with Crippen LogP contribution in [0.5, 0.6) is 0 Å².